The molecule has 2 aromatic heterocycles. The van der Waals surface area contributed by atoms with Crippen molar-refractivity contribution in [1.29, 1.82) is 5.26 Å². The fraction of sp³-hybridized carbons (Fsp3) is 0.163. The monoisotopic (exact) mass is 597 g/mol. The highest BCUT2D eigenvalue weighted by atomic mass is 16.3. The SMILES string of the molecule is [2H]C(C)(C)c1ccc(-c2cc(-c3ccc(C(C)(C)C)cc3)ccn2)c2oc3c(-c4ccc(-c5ccccc5)cc4)c(C#N)ccc3c12. The van der Waals surface area contributed by atoms with Gasteiger partial charge in [0.05, 0.1) is 17.3 Å². The first-order chi connectivity index (χ1) is 22.5. The average molecular weight is 598 g/mol. The van der Waals surface area contributed by atoms with Crippen molar-refractivity contribution in [1.82, 2.24) is 4.98 Å². The molecule has 0 aliphatic rings. The van der Waals surface area contributed by atoms with Crippen LogP contribution >= 0.6 is 0 Å². The molecule has 0 saturated carbocycles. The Balaban J connectivity index is 1.43. The van der Waals surface area contributed by atoms with E-state index in [2.05, 4.69) is 93.6 Å². The van der Waals surface area contributed by atoms with Gasteiger partial charge in [-0.2, -0.15) is 5.26 Å². The van der Waals surface area contributed by atoms with Crippen LogP contribution in [-0.4, -0.2) is 4.98 Å². The molecule has 0 radical (unpaired) electrons. The van der Waals surface area contributed by atoms with E-state index in [9.17, 15) is 5.26 Å². The molecule has 0 unspecified atom stereocenters. The summed E-state index contributed by atoms with van der Waals surface area (Å²) < 4.78 is 15.9. The number of hydrogen-bond donors (Lipinski definition) is 0. The van der Waals surface area contributed by atoms with Gasteiger partial charge >= 0.3 is 0 Å². The lowest BCUT2D eigenvalue weighted by atomic mass is 9.86. The van der Waals surface area contributed by atoms with E-state index in [1.165, 1.54) is 5.56 Å². The molecule has 224 valence electrons. The molecule has 0 atom stereocenters. The molecular weight excluding hydrogens is 560 g/mol. The Morgan fingerprint density at radius 1 is 0.717 bits per heavy atom. The predicted molar refractivity (Wildman–Crippen MR) is 191 cm³/mol. The quantitative estimate of drug-likeness (QED) is 0.198. The topological polar surface area (TPSA) is 49.8 Å². The van der Waals surface area contributed by atoms with Crippen molar-refractivity contribution < 1.29 is 5.79 Å². The van der Waals surface area contributed by atoms with Crippen LogP contribution in [0.3, 0.4) is 0 Å². The van der Waals surface area contributed by atoms with Crippen molar-refractivity contribution >= 4 is 21.9 Å². The van der Waals surface area contributed by atoms with Crippen LogP contribution < -0.4 is 0 Å². The van der Waals surface area contributed by atoms with Crippen LogP contribution in [0.15, 0.2) is 126 Å². The summed E-state index contributed by atoms with van der Waals surface area (Å²) in [7, 11) is 0. The Kier molecular flexibility index (Phi) is 7.00. The lowest BCUT2D eigenvalue weighted by molar-refractivity contribution is 0.590. The molecule has 0 spiro atoms. The first-order valence-corrected chi connectivity index (χ1v) is 15.7. The van der Waals surface area contributed by atoms with Gasteiger partial charge in [-0.1, -0.05) is 120 Å². The number of fused-ring (bicyclic) bond motifs is 3. The number of pyridine rings is 1. The van der Waals surface area contributed by atoms with Gasteiger partial charge in [0, 0.05) is 29.5 Å². The number of benzene rings is 5. The predicted octanol–water partition coefficient (Wildman–Crippen LogP) is 11.9. The summed E-state index contributed by atoms with van der Waals surface area (Å²) in [6.07, 6.45) is 1.84. The molecule has 0 aliphatic carbocycles. The van der Waals surface area contributed by atoms with E-state index in [0.717, 1.165) is 61.0 Å². The molecule has 0 saturated heterocycles. The lowest BCUT2D eigenvalue weighted by Crippen LogP contribution is -2.10. The molecule has 0 aliphatic heterocycles. The molecule has 7 aromatic rings. The van der Waals surface area contributed by atoms with Crippen molar-refractivity contribution in [2.45, 2.75) is 45.9 Å². The molecule has 46 heavy (non-hydrogen) atoms. The maximum atomic E-state index is 10.2. The summed E-state index contributed by atoms with van der Waals surface area (Å²) in [5, 5.41) is 12.0. The number of rotatable bonds is 5. The summed E-state index contributed by atoms with van der Waals surface area (Å²) >= 11 is 0. The van der Waals surface area contributed by atoms with Crippen LogP contribution in [-0.2, 0) is 5.41 Å². The highest BCUT2D eigenvalue weighted by Gasteiger charge is 2.23. The minimum Gasteiger partial charge on any atom is -0.455 e. The van der Waals surface area contributed by atoms with E-state index in [4.69, 9.17) is 10.8 Å². The molecule has 0 N–H and O–H groups in total. The molecule has 2 heterocycles. The zero-order valence-corrected chi connectivity index (χ0v) is 26.8. The fourth-order valence-electron chi connectivity index (χ4n) is 6.32. The first-order valence-electron chi connectivity index (χ1n) is 16.2. The van der Waals surface area contributed by atoms with Gasteiger partial charge in [0.1, 0.15) is 11.2 Å². The zero-order valence-electron chi connectivity index (χ0n) is 27.8. The van der Waals surface area contributed by atoms with E-state index in [1.807, 2.05) is 68.6 Å². The van der Waals surface area contributed by atoms with Gasteiger partial charge in [0.25, 0.3) is 0 Å². The van der Waals surface area contributed by atoms with Crippen LogP contribution in [0, 0.1) is 11.3 Å². The van der Waals surface area contributed by atoms with Crippen molar-refractivity contribution in [2.75, 3.05) is 0 Å². The Morgan fingerprint density at radius 3 is 2.04 bits per heavy atom. The second-order valence-electron chi connectivity index (χ2n) is 13.1. The number of hydrogen-bond acceptors (Lipinski definition) is 3. The highest BCUT2D eigenvalue weighted by molar-refractivity contribution is 6.15. The molecule has 3 heteroatoms. The fourth-order valence-corrected chi connectivity index (χ4v) is 6.32. The normalized spacial score (nSPS) is 12.3. The van der Waals surface area contributed by atoms with E-state index >= 15 is 0 Å². The van der Waals surface area contributed by atoms with Crippen molar-refractivity contribution in [3.05, 3.63) is 138 Å². The van der Waals surface area contributed by atoms with Crippen LogP contribution in [0.2, 0.25) is 0 Å². The van der Waals surface area contributed by atoms with Crippen LogP contribution in [0.1, 0.15) is 58.6 Å². The number of nitriles is 1. The standard InChI is InChI=1S/C43H36N2O/c1-27(2)35-21-22-36(38-25-32(23-24-45-38)30-15-18-34(19-16-30)43(3,4)5)41-40(35)37-20-17-33(26-44)39(42(37)46-41)31-13-11-29(12-14-31)28-9-7-6-8-10-28/h6-25,27H,1-5H3/i27D. The third kappa shape index (κ3) is 5.17. The van der Waals surface area contributed by atoms with Gasteiger partial charge in [-0.3, -0.25) is 4.98 Å². The highest BCUT2D eigenvalue weighted by Crippen LogP contribution is 2.44. The zero-order chi connectivity index (χ0) is 32.9. The van der Waals surface area contributed by atoms with Gasteiger partial charge in [0.15, 0.2) is 0 Å². The van der Waals surface area contributed by atoms with Gasteiger partial charge < -0.3 is 4.42 Å². The van der Waals surface area contributed by atoms with Crippen molar-refractivity contribution in [3.63, 3.8) is 0 Å². The second kappa shape index (κ2) is 11.5. The van der Waals surface area contributed by atoms with Gasteiger partial charge in [-0.15, -0.1) is 0 Å². The van der Waals surface area contributed by atoms with Crippen molar-refractivity contribution in [2.24, 2.45) is 0 Å². The second-order valence-corrected chi connectivity index (χ2v) is 13.1. The minimum atomic E-state index is -0.886. The number of aromatic nitrogens is 1. The summed E-state index contributed by atoms with van der Waals surface area (Å²) in [4.78, 5) is 4.80. The van der Waals surface area contributed by atoms with E-state index < -0.39 is 5.89 Å². The van der Waals surface area contributed by atoms with Gasteiger partial charge in [-0.05, 0) is 80.6 Å². The third-order valence-electron chi connectivity index (χ3n) is 8.85. The largest absolute Gasteiger partial charge is 0.455 e. The summed E-state index contributed by atoms with van der Waals surface area (Å²) in [6.45, 7) is 10.5. The average Bonchev–Trinajstić information content (AvgIpc) is 3.47. The Bertz CT molecular complexity index is 2300. The first kappa shape index (κ1) is 28.0. The Morgan fingerprint density at radius 2 is 1.37 bits per heavy atom. The molecule has 0 fully saturated rings. The molecule has 7 rings (SSSR count). The molecule has 3 nitrogen and oxygen atoms in total. The maximum absolute atomic E-state index is 10.2. The van der Waals surface area contributed by atoms with Gasteiger partial charge in [0.2, 0.25) is 0 Å². The lowest BCUT2D eigenvalue weighted by Gasteiger charge is -2.19. The summed E-state index contributed by atoms with van der Waals surface area (Å²) in [6, 6.07) is 41.6. The van der Waals surface area contributed by atoms with Crippen LogP contribution in [0.5, 0.6) is 0 Å². The number of nitrogens with zero attached hydrogens (tertiary/aromatic N) is 2. The van der Waals surface area contributed by atoms with E-state index in [-0.39, 0.29) is 5.41 Å². The van der Waals surface area contributed by atoms with Crippen molar-refractivity contribution in [3.8, 4) is 50.7 Å². The summed E-state index contributed by atoms with van der Waals surface area (Å²) in [5.74, 6) is -0.886. The third-order valence-corrected chi connectivity index (χ3v) is 8.85. The van der Waals surface area contributed by atoms with Crippen LogP contribution in [0.4, 0.5) is 0 Å². The van der Waals surface area contributed by atoms with E-state index in [1.54, 1.807) is 0 Å². The maximum Gasteiger partial charge on any atom is 0.145 e. The Hall–Kier alpha value is -5.46. The summed E-state index contributed by atoms with van der Waals surface area (Å²) in [5.41, 5.74) is 11.8. The molecule has 0 bridgehead atoms. The molecular formula is C43H36N2O. The molecule has 5 aromatic carbocycles. The smallest absolute Gasteiger partial charge is 0.145 e. The van der Waals surface area contributed by atoms with Crippen LogP contribution in [0.25, 0.3) is 66.6 Å². The Labute approximate surface area is 272 Å². The minimum absolute atomic E-state index is 0.0798. The molecule has 0 amide bonds. The van der Waals surface area contributed by atoms with E-state index in [0.29, 0.717) is 16.7 Å². The number of furan rings is 1. The van der Waals surface area contributed by atoms with Gasteiger partial charge in [-0.25, -0.2) is 0 Å².